The molecule has 0 spiro atoms. The van der Waals surface area contributed by atoms with E-state index in [-0.39, 0.29) is 40.4 Å². The van der Waals surface area contributed by atoms with E-state index in [1.54, 1.807) is 17.2 Å². The van der Waals surface area contributed by atoms with Crippen molar-refractivity contribution in [2.75, 3.05) is 31.6 Å². The van der Waals surface area contributed by atoms with E-state index in [1.165, 1.54) is 26.2 Å². The number of aromatic nitrogens is 1. The van der Waals surface area contributed by atoms with Gasteiger partial charge in [0.25, 0.3) is 0 Å². The van der Waals surface area contributed by atoms with Crippen LogP contribution in [0.5, 0.6) is 5.75 Å². The van der Waals surface area contributed by atoms with E-state index in [1.807, 2.05) is 47.6 Å². The highest BCUT2D eigenvalue weighted by Crippen LogP contribution is 2.44. The number of pyridine rings is 1. The predicted octanol–water partition coefficient (Wildman–Crippen LogP) is 4.75. The molecule has 0 N–H and O–H groups in total. The van der Waals surface area contributed by atoms with E-state index in [0.717, 1.165) is 24.0 Å². The van der Waals surface area contributed by atoms with Gasteiger partial charge in [0.2, 0.25) is 11.3 Å². The number of rotatable bonds is 6. The van der Waals surface area contributed by atoms with E-state index in [4.69, 9.17) is 4.74 Å². The van der Waals surface area contributed by atoms with Crippen molar-refractivity contribution in [1.29, 1.82) is 0 Å². The lowest BCUT2D eigenvalue weighted by molar-refractivity contribution is -0.131. The van der Waals surface area contributed by atoms with Crippen molar-refractivity contribution in [2.45, 2.75) is 45.7 Å². The molecule has 2 aromatic carbocycles. The molecule has 1 saturated carbocycles. The third kappa shape index (κ3) is 4.71. The van der Waals surface area contributed by atoms with Crippen molar-refractivity contribution in [1.82, 2.24) is 9.47 Å². The van der Waals surface area contributed by atoms with Gasteiger partial charge in [0.05, 0.1) is 23.6 Å². The SMILES string of the molecule is COc1c(N2CCN(C(C)=O)C(C)C2)c(F)cc2c(=O)c(C(=O)/C=C/c3ccc(C)cc3)cn(C3CC3)c12. The van der Waals surface area contributed by atoms with E-state index in [2.05, 4.69) is 0 Å². The number of methoxy groups -OCH3 is 1. The number of carbonyl (C=O) groups is 2. The van der Waals surface area contributed by atoms with Crippen LogP contribution in [0.2, 0.25) is 0 Å². The summed E-state index contributed by atoms with van der Waals surface area (Å²) in [5.41, 5.74) is 2.23. The number of benzene rings is 2. The zero-order chi connectivity index (χ0) is 27.1. The Morgan fingerprint density at radius 1 is 1.13 bits per heavy atom. The largest absolute Gasteiger partial charge is 0.492 e. The molecule has 1 aliphatic carbocycles. The minimum absolute atomic E-state index is 0.00524. The second-order valence-corrected chi connectivity index (χ2v) is 10.3. The van der Waals surface area contributed by atoms with E-state index < -0.39 is 17.0 Å². The molecule has 3 aromatic rings. The van der Waals surface area contributed by atoms with Crippen LogP contribution in [0, 0.1) is 12.7 Å². The number of anilines is 1. The molecule has 1 amide bonds. The normalized spacial score (nSPS) is 17.9. The standard InChI is InChI=1S/C30H32FN3O4/c1-18-5-7-21(8-6-18)9-12-26(36)24-17-34(22-10-11-22)27-23(29(24)37)15-25(31)28(30(27)38-4)32-13-14-33(20(3)35)19(2)16-32/h5-9,12,15,17,19,22H,10-11,13-14,16H2,1-4H3/b12-9+. The number of ketones is 1. The molecule has 1 atom stereocenters. The maximum atomic E-state index is 15.7. The Morgan fingerprint density at radius 2 is 1.84 bits per heavy atom. The lowest BCUT2D eigenvalue weighted by Gasteiger charge is -2.41. The molecule has 0 bridgehead atoms. The minimum Gasteiger partial charge on any atom is -0.492 e. The van der Waals surface area contributed by atoms with Crippen molar-refractivity contribution >= 4 is 34.4 Å². The Kier molecular flexibility index (Phi) is 6.82. The number of halogens is 1. The summed E-state index contributed by atoms with van der Waals surface area (Å²) in [5, 5.41) is 0.125. The fourth-order valence-corrected chi connectivity index (χ4v) is 5.32. The maximum absolute atomic E-state index is 15.7. The molecule has 8 heteroatoms. The first kappa shape index (κ1) is 25.7. The first-order chi connectivity index (χ1) is 18.2. The van der Waals surface area contributed by atoms with Gasteiger partial charge in [0, 0.05) is 44.8 Å². The third-order valence-electron chi connectivity index (χ3n) is 7.46. The van der Waals surface area contributed by atoms with Gasteiger partial charge in [-0.25, -0.2) is 4.39 Å². The maximum Gasteiger partial charge on any atom is 0.219 e. The van der Waals surface area contributed by atoms with Crippen LogP contribution in [-0.4, -0.2) is 53.9 Å². The van der Waals surface area contributed by atoms with Crippen LogP contribution in [0.25, 0.3) is 17.0 Å². The molecule has 2 heterocycles. The van der Waals surface area contributed by atoms with Gasteiger partial charge in [-0.15, -0.1) is 0 Å². The summed E-state index contributed by atoms with van der Waals surface area (Å²) in [6, 6.07) is 8.94. The summed E-state index contributed by atoms with van der Waals surface area (Å²) in [7, 11) is 1.47. The van der Waals surface area contributed by atoms with E-state index in [0.29, 0.717) is 25.2 Å². The Labute approximate surface area is 221 Å². The summed E-state index contributed by atoms with van der Waals surface area (Å²) in [6.07, 6.45) is 6.47. The molecule has 7 nitrogen and oxygen atoms in total. The molecule has 1 aliphatic heterocycles. The van der Waals surface area contributed by atoms with Crippen LogP contribution in [0.15, 0.2) is 47.4 Å². The van der Waals surface area contributed by atoms with Crippen LogP contribution in [0.4, 0.5) is 10.1 Å². The Bertz CT molecular complexity index is 1500. The summed E-state index contributed by atoms with van der Waals surface area (Å²) in [5.74, 6) is -0.748. The average molecular weight is 518 g/mol. The van der Waals surface area contributed by atoms with Crippen molar-refractivity contribution in [2.24, 2.45) is 0 Å². The molecular weight excluding hydrogens is 485 g/mol. The van der Waals surface area contributed by atoms with Crippen LogP contribution in [0.3, 0.4) is 0 Å². The number of piperazine rings is 1. The minimum atomic E-state index is -0.586. The molecule has 2 fully saturated rings. The molecule has 1 unspecified atom stereocenters. The molecule has 1 aromatic heterocycles. The van der Waals surface area contributed by atoms with Crippen molar-refractivity contribution in [3.63, 3.8) is 0 Å². The summed E-state index contributed by atoms with van der Waals surface area (Å²) >= 11 is 0. The number of aryl methyl sites for hydroxylation is 1. The lowest BCUT2D eigenvalue weighted by Crippen LogP contribution is -2.53. The van der Waals surface area contributed by atoms with Gasteiger partial charge < -0.3 is 19.1 Å². The summed E-state index contributed by atoms with van der Waals surface area (Å²) < 4.78 is 23.4. The van der Waals surface area contributed by atoms with Crippen LogP contribution in [0.1, 0.15) is 54.2 Å². The lowest BCUT2D eigenvalue weighted by atomic mass is 10.0. The van der Waals surface area contributed by atoms with Gasteiger partial charge >= 0.3 is 0 Å². The van der Waals surface area contributed by atoms with Crippen molar-refractivity contribution in [3.05, 3.63) is 75.3 Å². The highest BCUT2D eigenvalue weighted by Gasteiger charge is 2.33. The Balaban J connectivity index is 1.60. The molecule has 198 valence electrons. The van der Waals surface area contributed by atoms with Crippen LogP contribution >= 0.6 is 0 Å². The van der Waals surface area contributed by atoms with Gasteiger partial charge in [0.1, 0.15) is 5.69 Å². The first-order valence-electron chi connectivity index (χ1n) is 13.0. The van der Waals surface area contributed by atoms with Crippen molar-refractivity contribution < 1.29 is 18.7 Å². The molecule has 0 radical (unpaired) electrons. The summed E-state index contributed by atoms with van der Waals surface area (Å²) in [6.45, 7) is 6.80. The van der Waals surface area contributed by atoms with Gasteiger partial charge in [-0.2, -0.15) is 0 Å². The molecule has 38 heavy (non-hydrogen) atoms. The number of hydrogen-bond acceptors (Lipinski definition) is 5. The highest BCUT2D eigenvalue weighted by atomic mass is 19.1. The second-order valence-electron chi connectivity index (χ2n) is 10.3. The summed E-state index contributed by atoms with van der Waals surface area (Å²) in [4.78, 5) is 42.3. The first-order valence-corrected chi connectivity index (χ1v) is 13.0. The monoisotopic (exact) mass is 517 g/mol. The van der Waals surface area contributed by atoms with E-state index in [9.17, 15) is 14.4 Å². The highest BCUT2D eigenvalue weighted by molar-refractivity contribution is 6.08. The predicted molar refractivity (Wildman–Crippen MR) is 147 cm³/mol. The molecule has 5 rings (SSSR count). The van der Waals surface area contributed by atoms with Gasteiger partial charge in [-0.1, -0.05) is 35.9 Å². The smallest absolute Gasteiger partial charge is 0.219 e. The fraction of sp³-hybridized carbons (Fsp3) is 0.367. The number of hydrogen-bond donors (Lipinski definition) is 0. The van der Waals surface area contributed by atoms with Gasteiger partial charge in [0.15, 0.2) is 17.3 Å². The number of nitrogens with zero attached hydrogens (tertiary/aromatic N) is 3. The molecule has 2 aliphatic rings. The van der Waals surface area contributed by atoms with E-state index >= 15 is 4.39 Å². The average Bonchev–Trinajstić information content (AvgIpc) is 3.73. The van der Waals surface area contributed by atoms with Crippen LogP contribution < -0.4 is 15.1 Å². The zero-order valence-corrected chi connectivity index (χ0v) is 22.2. The number of carbonyl (C=O) groups excluding carboxylic acids is 2. The van der Waals surface area contributed by atoms with Gasteiger partial charge in [-0.3, -0.25) is 14.4 Å². The Morgan fingerprint density at radius 3 is 2.45 bits per heavy atom. The third-order valence-corrected chi connectivity index (χ3v) is 7.46. The molecular formula is C30H32FN3O4. The van der Waals surface area contributed by atoms with Gasteiger partial charge in [-0.05, 0) is 44.4 Å². The number of ether oxygens (including phenoxy) is 1. The number of amides is 1. The quantitative estimate of drug-likeness (QED) is 0.349. The Hall–Kier alpha value is -3.94. The fourth-order valence-electron chi connectivity index (χ4n) is 5.32. The molecule has 1 saturated heterocycles. The number of allylic oxidation sites excluding steroid dienone is 1. The second kappa shape index (κ2) is 10.1. The number of fused-ring (bicyclic) bond motifs is 1. The topological polar surface area (TPSA) is 71.8 Å². The van der Waals surface area contributed by atoms with Crippen molar-refractivity contribution in [3.8, 4) is 5.75 Å². The van der Waals surface area contributed by atoms with Crippen LogP contribution in [-0.2, 0) is 4.79 Å². The zero-order valence-electron chi connectivity index (χ0n) is 22.2.